The number of rotatable bonds is 9. The molecule has 0 aliphatic carbocycles. The van der Waals surface area contributed by atoms with Gasteiger partial charge in [-0.2, -0.15) is 0 Å². The Labute approximate surface area is 191 Å². The van der Waals surface area contributed by atoms with Crippen LogP contribution in [0.4, 0.5) is 0 Å². The quantitative estimate of drug-likeness (QED) is 0.201. The van der Waals surface area contributed by atoms with Gasteiger partial charge in [0.1, 0.15) is 28.5 Å². The van der Waals surface area contributed by atoms with Crippen molar-refractivity contribution in [1.29, 1.82) is 0 Å². The van der Waals surface area contributed by atoms with E-state index in [9.17, 15) is 0 Å². The van der Waals surface area contributed by atoms with Crippen molar-refractivity contribution in [3.63, 3.8) is 0 Å². The average molecular weight is 579 g/mol. The minimum Gasteiger partial charge on any atom is -0.415 e. The van der Waals surface area contributed by atoms with Crippen molar-refractivity contribution in [2.75, 3.05) is 6.61 Å². The van der Waals surface area contributed by atoms with Crippen molar-refractivity contribution in [1.82, 2.24) is 0 Å². The third-order valence-electron chi connectivity index (χ3n) is 3.73. The van der Waals surface area contributed by atoms with Gasteiger partial charge in [-0.05, 0) is 101 Å². The molecule has 10 heteroatoms. The summed E-state index contributed by atoms with van der Waals surface area (Å²) in [6.45, 7) is 27.2. The maximum Gasteiger partial charge on any atom is 0.184 e. The SMILES string of the molecule is C[Si](C)(C)OC[C@H]1O[C@H](I)[C@@H](O[Si](C)(C)C)[C@@H](O[Si](C)(C)C)[C@@H]1O[Si](C)(C)C. The Balaban J connectivity index is 3.26. The molecule has 1 fully saturated rings. The Bertz CT molecular complexity index is 496. The largest absolute Gasteiger partial charge is 0.415 e. The molecular formula is C18H43IO5Si4. The zero-order chi connectivity index (χ0) is 22.1. The van der Waals surface area contributed by atoms with Crippen LogP contribution in [0.5, 0.6) is 0 Å². The molecule has 1 rings (SSSR count). The fourth-order valence-corrected chi connectivity index (χ4v) is 8.09. The first kappa shape index (κ1) is 27.4. The fourth-order valence-electron chi connectivity index (χ4n) is 2.96. The second-order valence-corrected chi connectivity index (χ2v) is 30.7. The summed E-state index contributed by atoms with van der Waals surface area (Å²) >= 11 is 2.37. The molecule has 1 aliphatic heterocycles. The van der Waals surface area contributed by atoms with Crippen LogP contribution in [0, 0.1) is 0 Å². The van der Waals surface area contributed by atoms with E-state index < -0.39 is 33.3 Å². The lowest BCUT2D eigenvalue weighted by Gasteiger charge is -2.50. The van der Waals surface area contributed by atoms with Crippen LogP contribution in [0.2, 0.25) is 78.6 Å². The zero-order valence-corrected chi connectivity index (χ0v) is 26.2. The van der Waals surface area contributed by atoms with E-state index in [2.05, 4.69) is 101 Å². The average Bonchev–Trinajstić information content (AvgIpc) is 2.39. The monoisotopic (exact) mass is 578 g/mol. The van der Waals surface area contributed by atoms with E-state index >= 15 is 0 Å². The van der Waals surface area contributed by atoms with E-state index in [0.29, 0.717) is 6.61 Å². The van der Waals surface area contributed by atoms with E-state index in [4.69, 9.17) is 22.4 Å². The Morgan fingerprint density at radius 1 is 0.607 bits per heavy atom. The number of halogens is 1. The third-order valence-corrected chi connectivity index (χ3v) is 8.70. The molecule has 0 saturated carbocycles. The highest BCUT2D eigenvalue weighted by molar-refractivity contribution is 14.1. The lowest BCUT2D eigenvalue weighted by atomic mass is 10.0. The lowest BCUT2D eigenvalue weighted by Crippen LogP contribution is -2.64. The molecule has 0 N–H and O–H groups in total. The van der Waals surface area contributed by atoms with Gasteiger partial charge in [0.2, 0.25) is 0 Å². The van der Waals surface area contributed by atoms with Gasteiger partial charge in [-0.1, -0.05) is 0 Å². The first-order chi connectivity index (χ1) is 12.3. The summed E-state index contributed by atoms with van der Waals surface area (Å²) in [7, 11) is -7.08. The normalized spacial score (nSPS) is 30.5. The second-order valence-electron chi connectivity index (χ2n) is 11.5. The molecule has 1 saturated heterocycles. The van der Waals surface area contributed by atoms with Crippen LogP contribution in [0.3, 0.4) is 0 Å². The fraction of sp³-hybridized carbons (Fsp3) is 1.00. The minimum absolute atomic E-state index is 0.0811. The van der Waals surface area contributed by atoms with Crippen molar-refractivity contribution >= 4 is 55.9 Å². The summed E-state index contributed by atoms with van der Waals surface area (Å²) in [6.07, 6.45) is -0.551. The topological polar surface area (TPSA) is 46.2 Å². The predicted octanol–water partition coefficient (Wildman–Crippen LogP) is 5.66. The maximum atomic E-state index is 6.73. The van der Waals surface area contributed by atoms with E-state index in [0.717, 1.165) is 0 Å². The summed E-state index contributed by atoms with van der Waals surface area (Å²) in [5.41, 5.74) is 0. The van der Waals surface area contributed by atoms with Gasteiger partial charge in [0.25, 0.3) is 0 Å². The molecule has 0 aromatic rings. The van der Waals surface area contributed by atoms with E-state index in [1.807, 2.05) is 0 Å². The molecule has 0 radical (unpaired) electrons. The van der Waals surface area contributed by atoms with Gasteiger partial charge in [-0.3, -0.25) is 0 Å². The van der Waals surface area contributed by atoms with Crippen LogP contribution in [0.25, 0.3) is 0 Å². The van der Waals surface area contributed by atoms with Gasteiger partial charge >= 0.3 is 0 Å². The summed E-state index contributed by atoms with van der Waals surface area (Å²) < 4.78 is 32.6. The van der Waals surface area contributed by atoms with Crippen LogP contribution >= 0.6 is 22.6 Å². The first-order valence-electron chi connectivity index (χ1n) is 10.2. The highest BCUT2D eigenvalue weighted by Crippen LogP contribution is 2.36. The van der Waals surface area contributed by atoms with Crippen molar-refractivity contribution in [3.8, 4) is 0 Å². The van der Waals surface area contributed by atoms with Crippen molar-refractivity contribution in [3.05, 3.63) is 0 Å². The van der Waals surface area contributed by atoms with Crippen LogP contribution in [0.15, 0.2) is 0 Å². The molecule has 1 aliphatic rings. The number of hydrogen-bond donors (Lipinski definition) is 0. The highest BCUT2D eigenvalue weighted by atomic mass is 127. The Morgan fingerprint density at radius 2 is 1.00 bits per heavy atom. The third kappa shape index (κ3) is 10.6. The Morgan fingerprint density at radius 3 is 1.39 bits per heavy atom. The Kier molecular flexibility index (Phi) is 9.70. The van der Waals surface area contributed by atoms with Gasteiger partial charge in [0.15, 0.2) is 33.3 Å². The van der Waals surface area contributed by atoms with E-state index in [1.165, 1.54) is 0 Å². The van der Waals surface area contributed by atoms with Crippen molar-refractivity contribution in [2.45, 2.75) is 107 Å². The highest BCUT2D eigenvalue weighted by Gasteiger charge is 2.50. The van der Waals surface area contributed by atoms with Crippen molar-refractivity contribution < 1.29 is 22.4 Å². The van der Waals surface area contributed by atoms with Crippen LogP contribution in [-0.2, 0) is 22.4 Å². The molecule has 0 amide bonds. The summed E-state index contributed by atoms with van der Waals surface area (Å²) in [4.78, 5) is 0. The van der Waals surface area contributed by atoms with Gasteiger partial charge in [-0.25, -0.2) is 0 Å². The molecule has 5 nitrogen and oxygen atoms in total. The molecule has 0 bridgehead atoms. The maximum absolute atomic E-state index is 6.73. The number of alkyl halides is 1. The van der Waals surface area contributed by atoms with Gasteiger partial charge in [0, 0.05) is 0 Å². The smallest absolute Gasteiger partial charge is 0.184 e. The molecule has 0 spiro atoms. The molecule has 5 atom stereocenters. The standard InChI is InChI=1S/C18H43IO5Si4/c1-25(2,3)20-13-14-15(22-26(4,5)6)16(23-27(7,8)9)17(18(19)21-14)24-28(10,11)12/h14-18H,13H2,1-12H3/t14-,15-,16+,17+,18+/m1/s1. The van der Waals surface area contributed by atoms with Crippen LogP contribution in [-0.4, -0.2) is 68.4 Å². The molecule has 28 heavy (non-hydrogen) atoms. The molecule has 0 aromatic heterocycles. The number of hydrogen-bond acceptors (Lipinski definition) is 5. The predicted molar refractivity (Wildman–Crippen MR) is 137 cm³/mol. The first-order valence-corrected chi connectivity index (χ1v) is 25.1. The van der Waals surface area contributed by atoms with Crippen molar-refractivity contribution in [2.24, 2.45) is 0 Å². The molecule has 0 unspecified atom stereocenters. The van der Waals surface area contributed by atoms with Gasteiger partial charge in [-0.15, -0.1) is 0 Å². The minimum atomic E-state index is -1.82. The van der Waals surface area contributed by atoms with Gasteiger partial charge in [0.05, 0.1) is 6.61 Å². The summed E-state index contributed by atoms with van der Waals surface area (Å²) in [5.74, 6) is 0. The molecule has 0 aromatic carbocycles. The van der Waals surface area contributed by atoms with E-state index in [1.54, 1.807) is 0 Å². The van der Waals surface area contributed by atoms with Crippen LogP contribution in [0.1, 0.15) is 0 Å². The molecule has 168 valence electrons. The lowest BCUT2D eigenvalue weighted by molar-refractivity contribution is -0.184. The number of ether oxygens (including phenoxy) is 1. The van der Waals surface area contributed by atoms with Crippen LogP contribution < -0.4 is 0 Å². The van der Waals surface area contributed by atoms with Gasteiger partial charge < -0.3 is 22.4 Å². The zero-order valence-electron chi connectivity index (χ0n) is 20.0. The molecule has 1 heterocycles. The summed E-state index contributed by atoms with van der Waals surface area (Å²) in [5, 5.41) is 0. The molecular weight excluding hydrogens is 535 g/mol. The Hall–Kier alpha value is 1.40. The summed E-state index contributed by atoms with van der Waals surface area (Å²) in [6, 6.07) is 0. The second kappa shape index (κ2) is 9.90. The van der Waals surface area contributed by atoms with E-state index in [-0.39, 0.29) is 28.5 Å².